The minimum absolute atomic E-state index is 0.00974. The van der Waals surface area contributed by atoms with Gasteiger partial charge in [-0.25, -0.2) is 4.79 Å². The fourth-order valence-electron chi connectivity index (χ4n) is 3.44. The number of hydrogen-bond acceptors (Lipinski definition) is 4. The van der Waals surface area contributed by atoms with Gasteiger partial charge in [0.25, 0.3) is 0 Å². The number of nitrogens with zero attached hydrogens (tertiary/aromatic N) is 1. The van der Waals surface area contributed by atoms with E-state index in [1.165, 1.54) is 0 Å². The second-order valence-corrected chi connectivity index (χ2v) is 8.74. The highest BCUT2D eigenvalue weighted by Crippen LogP contribution is 2.39. The molecule has 0 aromatic heterocycles. The second kappa shape index (κ2) is 7.26. The molecule has 0 atom stereocenters. The first-order valence-corrected chi connectivity index (χ1v) is 9.93. The van der Waals surface area contributed by atoms with E-state index >= 15 is 0 Å². The summed E-state index contributed by atoms with van der Waals surface area (Å²) in [5, 5.41) is 3.41. The maximum atomic E-state index is 12.1. The molecule has 1 N–H and O–H groups in total. The first-order valence-electron chi connectivity index (χ1n) is 9.56. The Hall–Kier alpha value is -2.73. The Morgan fingerprint density at radius 2 is 1.97 bits per heavy atom. The molecule has 2 amide bonds. The van der Waals surface area contributed by atoms with Crippen molar-refractivity contribution in [1.82, 2.24) is 4.90 Å². The van der Waals surface area contributed by atoms with Crippen molar-refractivity contribution in [2.45, 2.75) is 38.9 Å². The standard InChI is InChI=1S/C22H23ClN2O4/c1-22(2,3)29-21(27)25-11-15(12-25)28-18-6-4-5-16(23)20(18)13-7-8-17-14(9-13)10-19(26)24-17/h4-9,15H,10-12H2,1-3H3,(H,24,26). The van der Waals surface area contributed by atoms with Gasteiger partial charge >= 0.3 is 6.09 Å². The zero-order valence-electron chi connectivity index (χ0n) is 16.6. The molecular formula is C22H23ClN2O4. The van der Waals surface area contributed by atoms with Crippen LogP contribution < -0.4 is 10.1 Å². The lowest BCUT2D eigenvalue weighted by Gasteiger charge is -2.39. The van der Waals surface area contributed by atoms with Gasteiger partial charge in [-0.3, -0.25) is 4.79 Å². The predicted octanol–water partition coefficient (Wildman–Crippen LogP) is 4.50. The summed E-state index contributed by atoms with van der Waals surface area (Å²) in [5.74, 6) is 0.646. The van der Waals surface area contributed by atoms with E-state index in [1.54, 1.807) is 4.90 Å². The SMILES string of the molecule is CC(C)(C)OC(=O)N1CC(Oc2cccc(Cl)c2-c2ccc3c(c2)CC(=O)N3)C1. The largest absolute Gasteiger partial charge is 0.486 e. The summed E-state index contributed by atoms with van der Waals surface area (Å²) in [5.41, 5.74) is 2.93. The summed E-state index contributed by atoms with van der Waals surface area (Å²) in [4.78, 5) is 25.4. The van der Waals surface area contributed by atoms with Crippen molar-refractivity contribution in [3.8, 4) is 16.9 Å². The Balaban J connectivity index is 1.50. The van der Waals surface area contributed by atoms with Crippen molar-refractivity contribution in [1.29, 1.82) is 0 Å². The minimum Gasteiger partial charge on any atom is -0.486 e. The van der Waals surface area contributed by atoms with Gasteiger partial charge in [0.05, 0.1) is 24.5 Å². The van der Waals surface area contributed by atoms with Crippen LogP contribution in [-0.4, -0.2) is 41.7 Å². The molecular weight excluding hydrogens is 392 g/mol. The number of rotatable bonds is 3. The summed E-state index contributed by atoms with van der Waals surface area (Å²) in [6.45, 7) is 6.46. The molecule has 29 heavy (non-hydrogen) atoms. The first-order chi connectivity index (χ1) is 13.7. The Kier molecular flexibility index (Phi) is 4.90. The van der Waals surface area contributed by atoms with Crippen molar-refractivity contribution in [3.63, 3.8) is 0 Å². The number of amides is 2. The lowest BCUT2D eigenvalue weighted by Crippen LogP contribution is -2.57. The van der Waals surface area contributed by atoms with Gasteiger partial charge in [-0.05, 0) is 56.2 Å². The van der Waals surface area contributed by atoms with Gasteiger partial charge in [0.15, 0.2) is 0 Å². The molecule has 6 nitrogen and oxygen atoms in total. The van der Waals surface area contributed by atoms with Crippen LogP contribution in [0.15, 0.2) is 36.4 Å². The van der Waals surface area contributed by atoms with Crippen LogP contribution in [0.3, 0.4) is 0 Å². The summed E-state index contributed by atoms with van der Waals surface area (Å²) in [7, 11) is 0. The number of benzene rings is 2. The van der Waals surface area contributed by atoms with Crippen LogP contribution in [-0.2, 0) is 16.0 Å². The lowest BCUT2D eigenvalue weighted by atomic mass is 10.0. The van der Waals surface area contributed by atoms with E-state index in [0.717, 1.165) is 22.4 Å². The van der Waals surface area contributed by atoms with Crippen LogP contribution in [0.1, 0.15) is 26.3 Å². The summed E-state index contributed by atoms with van der Waals surface area (Å²) >= 11 is 6.49. The van der Waals surface area contributed by atoms with Gasteiger partial charge in [0.2, 0.25) is 5.91 Å². The molecule has 0 unspecified atom stereocenters. The average molecular weight is 415 g/mol. The monoisotopic (exact) mass is 414 g/mol. The van der Waals surface area contributed by atoms with Crippen molar-refractivity contribution in [2.75, 3.05) is 18.4 Å². The Labute approximate surface area is 174 Å². The molecule has 7 heteroatoms. The first kappa shape index (κ1) is 19.6. The lowest BCUT2D eigenvalue weighted by molar-refractivity contribution is -0.115. The normalized spacial score (nSPS) is 16.1. The zero-order valence-corrected chi connectivity index (χ0v) is 17.4. The Morgan fingerprint density at radius 1 is 1.21 bits per heavy atom. The van der Waals surface area contributed by atoms with E-state index in [4.69, 9.17) is 21.1 Å². The number of hydrogen-bond donors (Lipinski definition) is 1. The van der Waals surface area contributed by atoms with Crippen LogP contribution in [0.25, 0.3) is 11.1 Å². The van der Waals surface area contributed by atoms with Crippen LogP contribution in [0.5, 0.6) is 5.75 Å². The van der Waals surface area contributed by atoms with Gasteiger partial charge in [0, 0.05) is 11.3 Å². The fourth-order valence-corrected chi connectivity index (χ4v) is 3.71. The number of carbonyl (C=O) groups is 2. The van der Waals surface area contributed by atoms with E-state index < -0.39 is 5.60 Å². The molecule has 1 fully saturated rings. The fraction of sp³-hybridized carbons (Fsp3) is 0.364. The molecule has 0 aliphatic carbocycles. The number of fused-ring (bicyclic) bond motifs is 1. The molecule has 2 aliphatic rings. The van der Waals surface area contributed by atoms with Gasteiger partial charge < -0.3 is 19.7 Å². The molecule has 2 aromatic carbocycles. The van der Waals surface area contributed by atoms with E-state index in [0.29, 0.717) is 30.3 Å². The molecule has 2 aliphatic heterocycles. The van der Waals surface area contributed by atoms with E-state index in [-0.39, 0.29) is 18.1 Å². The molecule has 1 saturated heterocycles. The van der Waals surface area contributed by atoms with Gasteiger partial charge in [0.1, 0.15) is 17.5 Å². The molecule has 0 radical (unpaired) electrons. The van der Waals surface area contributed by atoms with Gasteiger partial charge in [-0.2, -0.15) is 0 Å². The molecule has 0 spiro atoms. The summed E-state index contributed by atoms with van der Waals surface area (Å²) in [6, 6.07) is 11.3. The highest BCUT2D eigenvalue weighted by atomic mass is 35.5. The Bertz CT molecular complexity index is 977. The van der Waals surface area contributed by atoms with Crippen molar-refractivity contribution in [2.24, 2.45) is 0 Å². The zero-order chi connectivity index (χ0) is 20.8. The average Bonchev–Trinajstić information content (AvgIpc) is 2.95. The quantitative estimate of drug-likeness (QED) is 0.802. The highest BCUT2D eigenvalue weighted by molar-refractivity contribution is 6.33. The van der Waals surface area contributed by atoms with Gasteiger partial charge in [-0.15, -0.1) is 0 Å². The molecule has 0 saturated carbocycles. The number of nitrogens with one attached hydrogen (secondary N) is 1. The molecule has 0 bridgehead atoms. The number of anilines is 1. The van der Waals surface area contributed by atoms with Crippen LogP contribution in [0.4, 0.5) is 10.5 Å². The maximum Gasteiger partial charge on any atom is 0.410 e. The van der Waals surface area contributed by atoms with Crippen LogP contribution >= 0.6 is 11.6 Å². The third-order valence-electron chi connectivity index (χ3n) is 4.79. The van der Waals surface area contributed by atoms with E-state index in [1.807, 2.05) is 57.2 Å². The van der Waals surface area contributed by atoms with E-state index in [9.17, 15) is 9.59 Å². The van der Waals surface area contributed by atoms with Crippen molar-refractivity contribution in [3.05, 3.63) is 47.0 Å². The number of carbonyl (C=O) groups excluding carboxylic acids is 2. The predicted molar refractivity (Wildman–Crippen MR) is 111 cm³/mol. The van der Waals surface area contributed by atoms with Crippen molar-refractivity contribution < 1.29 is 19.1 Å². The highest BCUT2D eigenvalue weighted by Gasteiger charge is 2.35. The topological polar surface area (TPSA) is 67.9 Å². The summed E-state index contributed by atoms with van der Waals surface area (Å²) in [6.07, 6.45) is -0.103. The molecule has 2 heterocycles. The number of ether oxygens (including phenoxy) is 2. The number of likely N-dealkylation sites (tertiary alicyclic amines) is 1. The van der Waals surface area contributed by atoms with Gasteiger partial charge in [-0.1, -0.05) is 23.7 Å². The van der Waals surface area contributed by atoms with Crippen molar-refractivity contribution >= 4 is 29.3 Å². The van der Waals surface area contributed by atoms with Crippen LogP contribution in [0.2, 0.25) is 5.02 Å². The summed E-state index contributed by atoms with van der Waals surface area (Å²) < 4.78 is 11.5. The van der Waals surface area contributed by atoms with Crippen LogP contribution in [0, 0.1) is 0 Å². The minimum atomic E-state index is -0.521. The van der Waals surface area contributed by atoms with E-state index in [2.05, 4.69) is 5.32 Å². The maximum absolute atomic E-state index is 12.1. The smallest absolute Gasteiger partial charge is 0.410 e. The molecule has 4 rings (SSSR count). The third kappa shape index (κ3) is 4.17. The molecule has 2 aromatic rings. The second-order valence-electron chi connectivity index (χ2n) is 8.34. The Morgan fingerprint density at radius 3 is 2.69 bits per heavy atom. The molecule has 152 valence electrons. The number of halogens is 1. The third-order valence-corrected chi connectivity index (χ3v) is 5.10.